The van der Waals surface area contributed by atoms with E-state index in [1.807, 2.05) is 6.92 Å². The molecule has 1 fully saturated rings. The number of terminal acetylenes is 1. The van der Waals surface area contributed by atoms with Crippen molar-refractivity contribution in [3.05, 3.63) is 53.6 Å². The zero-order valence-electron chi connectivity index (χ0n) is 17.7. The van der Waals surface area contributed by atoms with Gasteiger partial charge in [0.05, 0.1) is 19.4 Å². The molecular formula is C24H22N2O6. The molecule has 0 spiro atoms. The summed E-state index contributed by atoms with van der Waals surface area (Å²) >= 11 is 0. The second-order valence-electron chi connectivity index (χ2n) is 6.70. The molecule has 1 aliphatic rings. The van der Waals surface area contributed by atoms with Crippen LogP contribution in [0.4, 0.5) is 10.5 Å². The van der Waals surface area contributed by atoms with Gasteiger partial charge in [-0.1, -0.05) is 12.8 Å². The van der Waals surface area contributed by atoms with E-state index in [9.17, 15) is 14.4 Å². The molecule has 0 saturated carbocycles. The first-order valence-corrected chi connectivity index (χ1v) is 9.87. The normalized spacial score (nSPS) is 14.7. The number of nitrogens with one attached hydrogen (secondary N) is 1. The Morgan fingerprint density at radius 3 is 2.44 bits per heavy atom. The molecule has 0 atom stereocenters. The minimum atomic E-state index is -0.835. The van der Waals surface area contributed by atoms with Crippen LogP contribution in [0.25, 0.3) is 6.08 Å². The summed E-state index contributed by atoms with van der Waals surface area (Å²) in [6, 6.07) is 10.5. The van der Waals surface area contributed by atoms with E-state index in [0.717, 1.165) is 11.3 Å². The molecule has 4 amide bonds. The number of imide groups is 2. The van der Waals surface area contributed by atoms with Crippen LogP contribution in [0.5, 0.6) is 17.2 Å². The molecule has 1 saturated heterocycles. The minimum Gasteiger partial charge on any atom is -0.497 e. The monoisotopic (exact) mass is 434 g/mol. The Kier molecular flexibility index (Phi) is 7.13. The number of methoxy groups -OCH3 is 1. The number of benzene rings is 2. The number of rotatable bonds is 8. The fraction of sp³-hybridized carbons (Fsp3) is 0.208. The van der Waals surface area contributed by atoms with Crippen molar-refractivity contribution in [2.45, 2.75) is 13.3 Å². The number of carbonyl (C=O) groups is 3. The quantitative estimate of drug-likeness (QED) is 0.390. The largest absolute Gasteiger partial charge is 0.497 e. The third kappa shape index (κ3) is 4.90. The molecule has 1 heterocycles. The van der Waals surface area contributed by atoms with E-state index >= 15 is 0 Å². The summed E-state index contributed by atoms with van der Waals surface area (Å²) in [7, 11) is 1.50. The Bertz CT molecular complexity index is 1100. The number of carbonyl (C=O) groups excluding carboxylic acids is 3. The van der Waals surface area contributed by atoms with E-state index in [-0.39, 0.29) is 12.2 Å². The summed E-state index contributed by atoms with van der Waals surface area (Å²) in [5.41, 5.74) is 0.497. The second-order valence-corrected chi connectivity index (χ2v) is 6.70. The standard InChI is InChI=1S/C24H22N2O6/c1-4-12-31-18-10-7-17(8-11-18)26-23(28)20(22(27)25-24(26)29)14-16-6-9-19(30-3)15-21(16)32-13-5-2/h2,6-11,14-15H,4,12-13H2,1,3H3,(H,25,27,29)/b20-14-. The lowest BCUT2D eigenvalue weighted by molar-refractivity contribution is -0.122. The summed E-state index contributed by atoms with van der Waals surface area (Å²) < 4.78 is 16.2. The predicted octanol–water partition coefficient (Wildman–Crippen LogP) is 3.16. The molecule has 1 N–H and O–H groups in total. The van der Waals surface area contributed by atoms with E-state index in [4.69, 9.17) is 20.6 Å². The number of nitrogens with zero attached hydrogens (tertiary/aromatic N) is 1. The fourth-order valence-corrected chi connectivity index (χ4v) is 2.96. The highest BCUT2D eigenvalue weighted by Gasteiger charge is 2.37. The summed E-state index contributed by atoms with van der Waals surface area (Å²) in [6.45, 7) is 2.53. The van der Waals surface area contributed by atoms with Crippen LogP contribution < -0.4 is 24.4 Å². The molecule has 0 bridgehead atoms. The number of hydrogen-bond donors (Lipinski definition) is 1. The van der Waals surface area contributed by atoms with Crippen LogP contribution in [0.2, 0.25) is 0 Å². The molecule has 32 heavy (non-hydrogen) atoms. The van der Waals surface area contributed by atoms with Crippen LogP contribution in [-0.2, 0) is 9.59 Å². The number of ether oxygens (including phenoxy) is 3. The number of hydrogen-bond acceptors (Lipinski definition) is 6. The van der Waals surface area contributed by atoms with Gasteiger partial charge in [-0.25, -0.2) is 9.69 Å². The molecule has 8 nitrogen and oxygen atoms in total. The minimum absolute atomic E-state index is 0.0133. The topological polar surface area (TPSA) is 94.2 Å². The van der Waals surface area contributed by atoms with Gasteiger partial charge in [-0.05, 0) is 48.9 Å². The zero-order chi connectivity index (χ0) is 23.1. The molecule has 3 rings (SSSR count). The van der Waals surface area contributed by atoms with Gasteiger partial charge in [0, 0.05) is 11.6 Å². The average Bonchev–Trinajstić information content (AvgIpc) is 2.80. The summed E-state index contributed by atoms with van der Waals surface area (Å²) in [6.07, 6.45) is 7.47. The van der Waals surface area contributed by atoms with Crippen molar-refractivity contribution in [3.63, 3.8) is 0 Å². The SMILES string of the molecule is C#CCOc1cc(OC)ccc1/C=C1/C(=O)NC(=O)N(c2ccc(OCCC)cc2)C1=O. The van der Waals surface area contributed by atoms with Crippen molar-refractivity contribution < 1.29 is 28.6 Å². The number of amides is 4. The lowest BCUT2D eigenvalue weighted by Gasteiger charge is -2.26. The van der Waals surface area contributed by atoms with Gasteiger partial charge in [-0.2, -0.15) is 0 Å². The Balaban J connectivity index is 1.95. The van der Waals surface area contributed by atoms with Gasteiger partial charge in [0.15, 0.2) is 0 Å². The van der Waals surface area contributed by atoms with Gasteiger partial charge < -0.3 is 14.2 Å². The maximum Gasteiger partial charge on any atom is 0.335 e. The first kappa shape index (κ1) is 22.4. The molecule has 0 unspecified atom stereocenters. The molecule has 2 aromatic carbocycles. The fourth-order valence-electron chi connectivity index (χ4n) is 2.96. The van der Waals surface area contributed by atoms with E-state index in [1.165, 1.54) is 13.2 Å². The molecule has 8 heteroatoms. The van der Waals surface area contributed by atoms with Crippen LogP contribution >= 0.6 is 0 Å². The second kappa shape index (κ2) is 10.2. The van der Waals surface area contributed by atoms with Gasteiger partial charge in [0.25, 0.3) is 11.8 Å². The van der Waals surface area contributed by atoms with Crippen molar-refractivity contribution in [1.82, 2.24) is 5.32 Å². The van der Waals surface area contributed by atoms with Crippen molar-refractivity contribution in [1.29, 1.82) is 0 Å². The summed E-state index contributed by atoms with van der Waals surface area (Å²) in [4.78, 5) is 38.9. The van der Waals surface area contributed by atoms with Crippen molar-refractivity contribution in [3.8, 4) is 29.6 Å². The Hall–Kier alpha value is -4.25. The van der Waals surface area contributed by atoms with Crippen LogP contribution in [0, 0.1) is 12.3 Å². The number of urea groups is 1. The van der Waals surface area contributed by atoms with Crippen molar-refractivity contribution in [2.24, 2.45) is 0 Å². The third-order valence-electron chi connectivity index (χ3n) is 4.50. The van der Waals surface area contributed by atoms with Gasteiger partial charge in [0.2, 0.25) is 0 Å². The Morgan fingerprint density at radius 2 is 1.78 bits per heavy atom. The smallest absolute Gasteiger partial charge is 0.335 e. The Morgan fingerprint density at radius 1 is 1.06 bits per heavy atom. The van der Waals surface area contributed by atoms with Crippen molar-refractivity contribution >= 4 is 29.6 Å². The maximum absolute atomic E-state index is 13.1. The van der Waals surface area contributed by atoms with Crippen LogP contribution in [0.15, 0.2) is 48.0 Å². The molecule has 2 aromatic rings. The first-order chi connectivity index (χ1) is 15.5. The van der Waals surface area contributed by atoms with E-state index in [2.05, 4.69) is 11.2 Å². The molecule has 1 aliphatic heterocycles. The number of anilines is 1. The Labute approximate surface area is 185 Å². The van der Waals surface area contributed by atoms with E-state index in [0.29, 0.717) is 35.1 Å². The summed E-state index contributed by atoms with van der Waals surface area (Å²) in [5.74, 6) is 2.25. The van der Waals surface area contributed by atoms with Gasteiger partial charge in [-0.3, -0.25) is 14.9 Å². The lowest BCUT2D eigenvalue weighted by Crippen LogP contribution is -2.54. The lowest BCUT2D eigenvalue weighted by atomic mass is 10.1. The highest BCUT2D eigenvalue weighted by atomic mass is 16.5. The zero-order valence-corrected chi connectivity index (χ0v) is 17.7. The first-order valence-electron chi connectivity index (χ1n) is 9.87. The molecular weight excluding hydrogens is 412 g/mol. The third-order valence-corrected chi connectivity index (χ3v) is 4.50. The van der Waals surface area contributed by atoms with Crippen LogP contribution in [0.1, 0.15) is 18.9 Å². The molecule has 0 radical (unpaired) electrons. The van der Waals surface area contributed by atoms with Gasteiger partial charge in [-0.15, -0.1) is 6.42 Å². The highest BCUT2D eigenvalue weighted by molar-refractivity contribution is 6.39. The van der Waals surface area contributed by atoms with E-state index < -0.39 is 17.8 Å². The van der Waals surface area contributed by atoms with Crippen LogP contribution in [0.3, 0.4) is 0 Å². The van der Waals surface area contributed by atoms with Gasteiger partial charge >= 0.3 is 6.03 Å². The van der Waals surface area contributed by atoms with Crippen molar-refractivity contribution in [2.75, 3.05) is 25.2 Å². The van der Waals surface area contributed by atoms with Crippen LogP contribution in [-0.4, -0.2) is 38.2 Å². The van der Waals surface area contributed by atoms with Gasteiger partial charge in [0.1, 0.15) is 29.4 Å². The molecule has 164 valence electrons. The van der Waals surface area contributed by atoms with E-state index in [1.54, 1.807) is 42.5 Å². The molecule has 0 aliphatic carbocycles. The predicted molar refractivity (Wildman–Crippen MR) is 119 cm³/mol. The maximum atomic E-state index is 13.1. The molecule has 0 aromatic heterocycles. The highest BCUT2D eigenvalue weighted by Crippen LogP contribution is 2.29. The summed E-state index contributed by atoms with van der Waals surface area (Å²) in [5, 5.41) is 2.19. The average molecular weight is 434 g/mol. The number of barbiturate groups is 1.